The lowest BCUT2D eigenvalue weighted by atomic mass is 9.94. The zero-order valence-corrected chi connectivity index (χ0v) is 12.5. The molecule has 0 saturated carbocycles. The van der Waals surface area contributed by atoms with E-state index in [4.69, 9.17) is 16.3 Å². The normalized spacial score (nSPS) is 21.8. The number of halogens is 1. The molecule has 20 heavy (non-hydrogen) atoms. The van der Waals surface area contributed by atoms with Crippen molar-refractivity contribution >= 4 is 23.2 Å². The van der Waals surface area contributed by atoms with Crippen molar-refractivity contribution in [2.45, 2.75) is 13.8 Å². The zero-order valence-electron chi connectivity index (χ0n) is 11.8. The van der Waals surface area contributed by atoms with Crippen LogP contribution in [0.5, 0.6) is 0 Å². The van der Waals surface area contributed by atoms with E-state index in [9.17, 15) is 9.59 Å². The molecule has 110 valence electrons. The van der Waals surface area contributed by atoms with Crippen molar-refractivity contribution in [3.05, 3.63) is 21.9 Å². The highest BCUT2D eigenvalue weighted by Gasteiger charge is 2.29. The van der Waals surface area contributed by atoms with E-state index < -0.39 is 0 Å². The number of morpholine rings is 1. The lowest BCUT2D eigenvalue weighted by Gasteiger charge is -2.27. The predicted molar refractivity (Wildman–Crippen MR) is 76.5 cm³/mol. The van der Waals surface area contributed by atoms with Crippen LogP contribution in [0.15, 0.2) is 21.9 Å². The van der Waals surface area contributed by atoms with Gasteiger partial charge in [0.05, 0.1) is 13.2 Å². The fourth-order valence-electron chi connectivity index (χ4n) is 2.23. The first-order chi connectivity index (χ1) is 9.52. The Morgan fingerprint density at radius 2 is 1.75 bits per heavy atom. The molecule has 5 nitrogen and oxygen atoms in total. The third-order valence-corrected chi connectivity index (χ3v) is 4.08. The van der Waals surface area contributed by atoms with Gasteiger partial charge in [-0.2, -0.15) is 0 Å². The SMILES string of the molecule is CC1=C(C)C(=O)C(NCCN2CCOCC2)=C(Cl)C1=O. The summed E-state index contributed by atoms with van der Waals surface area (Å²) in [5.74, 6) is -0.452. The molecule has 1 heterocycles. The minimum Gasteiger partial charge on any atom is -0.379 e. The third-order valence-electron chi connectivity index (χ3n) is 3.72. The van der Waals surface area contributed by atoms with Gasteiger partial charge in [0, 0.05) is 37.3 Å². The van der Waals surface area contributed by atoms with Gasteiger partial charge in [0.1, 0.15) is 10.7 Å². The Bertz CT molecular complexity index is 491. The Morgan fingerprint density at radius 3 is 2.40 bits per heavy atom. The van der Waals surface area contributed by atoms with Gasteiger partial charge < -0.3 is 10.1 Å². The molecular formula is C14H19ClN2O3. The van der Waals surface area contributed by atoms with E-state index in [2.05, 4.69) is 10.2 Å². The summed E-state index contributed by atoms with van der Waals surface area (Å²) in [5, 5.41) is 3.01. The number of rotatable bonds is 4. The molecular weight excluding hydrogens is 280 g/mol. The van der Waals surface area contributed by atoms with Gasteiger partial charge in [0.25, 0.3) is 0 Å². The second-order valence-electron chi connectivity index (χ2n) is 4.98. The maximum atomic E-state index is 12.1. The summed E-state index contributed by atoms with van der Waals surface area (Å²) >= 11 is 5.99. The first-order valence-corrected chi connectivity index (χ1v) is 7.10. The molecule has 0 bridgehead atoms. The van der Waals surface area contributed by atoms with E-state index in [0.29, 0.717) is 17.7 Å². The molecule has 6 heteroatoms. The van der Waals surface area contributed by atoms with Crippen molar-refractivity contribution < 1.29 is 14.3 Å². The lowest BCUT2D eigenvalue weighted by molar-refractivity contribution is -0.116. The van der Waals surface area contributed by atoms with Crippen LogP contribution in [0.3, 0.4) is 0 Å². The molecule has 0 amide bonds. The van der Waals surface area contributed by atoms with Crippen LogP contribution < -0.4 is 5.32 Å². The summed E-state index contributed by atoms with van der Waals surface area (Å²) < 4.78 is 5.27. The monoisotopic (exact) mass is 298 g/mol. The maximum absolute atomic E-state index is 12.1. The fourth-order valence-corrected chi connectivity index (χ4v) is 2.52. The van der Waals surface area contributed by atoms with Crippen LogP contribution in [-0.2, 0) is 14.3 Å². The summed E-state index contributed by atoms with van der Waals surface area (Å²) in [4.78, 5) is 26.3. The molecule has 0 aromatic heterocycles. The van der Waals surface area contributed by atoms with E-state index in [1.165, 1.54) is 0 Å². The fraction of sp³-hybridized carbons (Fsp3) is 0.571. The van der Waals surface area contributed by atoms with Gasteiger partial charge in [-0.05, 0) is 13.8 Å². The Kier molecular flexibility index (Phi) is 4.96. The highest BCUT2D eigenvalue weighted by Crippen LogP contribution is 2.25. The minimum absolute atomic E-state index is 0.0000718. The van der Waals surface area contributed by atoms with Gasteiger partial charge in [-0.25, -0.2) is 0 Å². The molecule has 1 aliphatic heterocycles. The molecule has 2 rings (SSSR count). The van der Waals surface area contributed by atoms with Gasteiger partial charge in [-0.15, -0.1) is 0 Å². The van der Waals surface area contributed by atoms with E-state index in [1.807, 2.05) is 0 Å². The summed E-state index contributed by atoms with van der Waals surface area (Å²) in [6.45, 7) is 7.91. The molecule has 1 N–H and O–H groups in total. The molecule has 0 radical (unpaired) electrons. The number of hydrogen-bond donors (Lipinski definition) is 1. The van der Waals surface area contributed by atoms with Crippen LogP contribution >= 0.6 is 11.6 Å². The van der Waals surface area contributed by atoms with E-state index >= 15 is 0 Å². The standard InChI is InChI=1S/C14H19ClN2O3/c1-9-10(2)14(19)12(11(15)13(9)18)16-3-4-17-5-7-20-8-6-17/h16H,3-8H2,1-2H3. The third kappa shape index (κ3) is 3.11. The summed E-state index contributed by atoms with van der Waals surface area (Å²) in [7, 11) is 0. The van der Waals surface area contributed by atoms with Gasteiger partial charge >= 0.3 is 0 Å². The Labute approximate surface area is 123 Å². The highest BCUT2D eigenvalue weighted by atomic mass is 35.5. The first kappa shape index (κ1) is 15.2. The van der Waals surface area contributed by atoms with Crippen molar-refractivity contribution in [1.82, 2.24) is 10.2 Å². The van der Waals surface area contributed by atoms with Crippen molar-refractivity contribution in [2.24, 2.45) is 0 Å². The predicted octanol–water partition coefficient (Wildman–Crippen LogP) is 0.847. The van der Waals surface area contributed by atoms with E-state index in [1.54, 1.807) is 13.8 Å². The number of Topliss-reactive ketones (excluding diaryl/α,β-unsaturated/α-hetero) is 2. The van der Waals surface area contributed by atoms with Gasteiger partial charge in [0.2, 0.25) is 11.6 Å². The molecule has 2 aliphatic rings. The summed E-state index contributed by atoms with van der Waals surface area (Å²) in [6, 6.07) is 0. The number of ether oxygens (including phenoxy) is 1. The van der Waals surface area contributed by atoms with Crippen LogP contribution in [0.25, 0.3) is 0 Å². The Hall–Kier alpha value is -1.17. The van der Waals surface area contributed by atoms with Crippen LogP contribution in [0, 0.1) is 0 Å². The second-order valence-corrected chi connectivity index (χ2v) is 5.36. The van der Waals surface area contributed by atoms with Crippen molar-refractivity contribution in [2.75, 3.05) is 39.4 Å². The molecule has 0 atom stereocenters. The maximum Gasteiger partial charge on any atom is 0.206 e. The van der Waals surface area contributed by atoms with Crippen molar-refractivity contribution in [3.63, 3.8) is 0 Å². The van der Waals surface area contributed by atoms with Crippen molar-refractivity contribution in [3.8, 4) is 0 Å². The number of nitrogens with one attached hydrogen (secondary N) is 1. The quantitative estimate of drug-likeness (QED) is 0.780. The number of nitrogens with zero attached hydrogens (tertiary/aromatic N) is 1. The zero-order chi connectivity index (χ0) is 14.7. The number of hydrogen-bond acceptors (Lipinski definition) is 5. The number of carbonyl (C=O) groups excluding carboxylic acids is 2. The first-order valence-electron chi connectivity index (χ1n) is 6.73. The Morgan fingerprint density at radius 1 is 1.15 bits per heavy atom. The van der Waals surface area contributed by atoms with Crippen LogP contribution in [0.2, 0.25) is 0 Å². The smallest absolute Gasteiger partial charge is 0.206 e. The molecule has 0 aromatic carbocycles. The molecule has 1 saturated heterocycles. The summed E-state index contributed by atoms with van der Waals surface area (Å²) in [6.07, 6.45) is 0. The second kappa shape index (κ2) is 6.52. The number of carbonyl (C=O) groups is 2. The molecule has 1 fully saturated rings. The van der Waals surface area contributed by atoms with E-state index in [0.717, 1.165) is 32.8 Å². The molecule has 0 spiro atoms. The lowest BCUT2D eigenvalue weighted by Crippen LogP contribution is -2.41. The average Bonchev–Trinajstić information content (AvgIpc) is 2.48. The highest BCUT2D eigenvalue weighted by molar-refractivity contribution is 6.49. The van der Waals surface area contributed by atoms with Crippen LogP contribution in [-0.4, -0.2) is 55.9 Å². The number of ketones is 2. The van der Waals surface area contributed by atoms with Gasteiger partial charge in [0.15, 0.2) is 0 Å². The molecule has 1 aliphatic carbocycles. The van der Waals surface area contributed by atoms with Gasteiger partial charge in [-0.1, -0.05) is 11.6 Å². The molecule has 0 aromatic rings. The number of allylic oxidation sites excluding steroid dienone is 3. The topological polar surface area (TPSA) is 58.6 Å². The van der Waals surface area contributed by atoms with Crippen molar-refractivity contribution in [1.29, 1.82) is 0 Å². The summed E-state index contributed by atoms with van der Waals surface area (Å²) in [5.41, 5.74) is 1.13. The van der Waals surface area contributed by atoms with E-state index in [-0.39, 0.29) is 22.3 Å². The minimum atomic E-state index is -0.266. The largest absolute Gasteiger partial charge is 0.379 e. The van der Waals surface area contributed by atoms with Crippen LogP contribution in [0.4, 0.5) is 0 Å². The van der Waals surface area contributed by atoms with Gasteiger partial charge in [-0.3, -0.25) is 14.5 Å². The molecule has 0 unspecified atom stereocenters. The van der Waals surface area contributed by atoms with Crippen LogP contribution in [0.1, 0.15) is 13.8 Å². The Balaban J connectivity index is 1.94. The average molecular weight is 299 g/mol.